The Labute approximate surface area is 121 Å². The zero-order valence-electron chi connectivity index (χ0n) is 13.0. The Morgan fingerprint density at radius 1 is 1.20 bits per heavy atom. The molecule has 0 fully saturated rings. The molecule has 0 bridgehead atoms. The van der Waals surface area contributed by atoms with Crippen LogP contribution in [0.5, 0.6) is 0 Å². The second-order valence-electron chi connectivity index (χ2n) is 5.91. The fraction of sp³-hybridized carbons (Fsp3) is 0.562. The van der Waals surface area contributed by atoms with Gasteiger partial charge in [0.25, 0.3) is 0 Å². The van der Waals surface area contributed by atoms with E-state index in [1.54, 1.807) is 7.11 Å². The molecule has 1 aromatic carbocycles. The largest absolute Gasteiger partial charge is 0.380 e. The van der Waals surface area contributed by atoms with Crippen molar-refractivity contribution in [3.63, 3.8) is 0 Å². The third kappa shape index (κ3) is 6.68. The fourth-order valence-corrected chi connectivity index (χ4v) is 1.86. The maximum absolute atomic E-state index is 11.8. The average molecular weight is 278 g/mol. The van der Waals surface area contributed by atoms with Crippen molar-refractivity contribution < 1.29 is 9.53 Å². The Balaban J connectivity index is 2.37. The minimum absolute atomic E-state index is 0.0470. The van der Waals surface area contributed by atoms with Gasteiger partial charge in [0.15, 0.2) is 0 Å². The Morgan fingerprint density at radius 3 is 2.45 bits per heavy atom. The summed E-state index contributed by atoms with van der Waals surface area (Å²) in [6.07, 6.45) is 0.490. The van der Waals surface area contributed by atoms with Crippen LogP contribution >= 0.6 is 0 Å². The normalized spacial score (nSPS) is 11.4. The zero-order valence-corrected chi connectivity index (χ0v) is 13.0. The van der Waals surface area contributed by atoms with E-state index >= 15 is 0 Å². The van der Waals surface area contributed by atoms with Crippen molar-refractivity contribution in [1.29, 1.82) is 0 Å². The quantitative estimate of drug-likeness (QED) is 0.804. The molecule has 4 heteroatoms. The lowest BCUT2D eigenvalue weighted by atomic mass is 10.1. The smallest absolute Gasteiger partial charge is 0.221 e. The van der Waals surface area contributed by atoms with Gasteiger partial charge in [0.2, 0.25) is 5.91 Å². The lowest BCUT2D eigenvalue weighted by Crippen LogP contribution is -2.38. The van der Waals surface area contributed by atoms with E-state index < -0.39 is 0 Å². The first kappa shape index (κ1) is 16.7. The van der Waals surface area contributed by atoms with Crippen LogP contribution in [0.2, 0.25) is 0 Å². The standard InChI is InChI=1S/C16H26N2O2/c1-16(2,3)18-10-9-15(19)17-11-13-7-5-6-8-14(13)12-20-4/h5-8,18H,9-12H2,1-4H3,(H,17,19). The van der Waals surface area contributed by atoms with Gasteiger partial charge in [-0.15, -0.1) is 0 Å². The predicted molar refractivity (Wildman–Crippen MR) is 81.4 cm³/mol. The highest BCUT2D eigenvalue weighted by Gasteiger charge is 2.09. The van der Waals surface area contributed by atoms with Crippen LogP contribution in [-0.4, -0.2) is 25.1 Å². The molecule has 0 aromatic heterocycles. The summed E-state index contributed by atoms with van der Waals surface area (Å²) in [5.74, 6) is 0.0639. The number of carbonyl (C=O) groups excluding carboxylic acids is 1. The fourth-order valence-electron chi connectivity index (χ4n) is 1.86. The third-order valence-electron chi connectivity index (χ3n) is 2.90. The molecule has 0 heterocycles. The van der Waals surface area contributed by atoms with E-state index in [1.807, 2.05) is 24.3 Å². The molecule has 2 N–H and O–H groups in total. The van der Waals surface area contributed by atoms with Gasteiger partial charge in [-0.25, -0.2) is 0 Å². The highest BCUT2D eigenvalue weighted by molar-refractivity contribution is 5.76. The summed E-state index contributed by atoms with van der Waals surface area (Å²) in [6, 6.07) is 7.99. The summed E-state index contributed by atoms with van der Waals surface area (Å²) in [4.78, 5) is 11.8. The molecule has 0 saturated carbocycles. The SMILES string of the molecule is COCc1ccccc1CNC(=O)CCNC(C)(C)C. The third-order valence-corrected chi connectivity index (χ3v) is 2.90. The van der Waals surface area contributed by atoms with E-state index in [0.717, 1.165) is 11.1 Å². The number of rotatable bonds is 7. The van der Waals surface area contributed by atoms with Gasteiger partial charge in [-0.05, 0) is 31.9 Å². The molecule has 0 spiro atoms. The van der Waals surface area contributed by atoms with Crippen molar-refractivity contribution in [1.82, 2.24) is 10.6 Å². The number of carbonyl (C=O) groups is 1. The lowest BCUT2D eigenvalue weighted by molar-refractivity contribution is -0.121. The molecule has 20 heavy (non-hydrogen) atoms. The van der Waals surface area contributed by atoms with Gasteiger partial charge in [-0.1, -0.05) is 24.3 Å². The second kappa shape index (κ2) is 8.02. The van der Waals surface area contributed by atoms with Gasteiger partial charge in [0, 0.05) is 32.2 Å². The molecule has 0 aliphatic heterocycles. The van der Waals surface area contributed by atoms with E-state index in [9.17, 15) is 4.79 Å². The van der Waals surface area contributed by atoms with Gasteiger partial charge in [-0.3, -0.25) is 4.79 Å². The molecule has 1 amide bonds. The molecule has 1 rings (SSSR count). The molecule has 4 nitrogen and oxygen atoms in total. The molecular weight excluding hydrogens is 252 g/mol. The Kier molecular flexibility index (Phi) is 6.68. The van der Waals surface area contributed by atoms with E-state index in [1.165, 1.54) is 0 Å². The van der Waals surface area contributed by atoms with Gasteiger partial charge >= 0.3 is 0 Å². The number of ether oxygens (including phenoxy) is 1. The van der Waals surface area contributed by atoms with E-state index in [0.29, 0.717) is 26.1 Å². The number of methoxy groups -OCH3 is 1. The summed E-state index contributed by atoms with van der Waals surface area (Å²) in [6.45, 7) is 8.07. The minimum Gasteiger partial charge on any atom is -0.380 e. The van der Waals surface area contributed by atoms with Gasteiger partial charge in [0.1, 0.15) is 0 Å². The van der Waals surface area contributed by atoms with Crippen LogP contribution in [0.4, 0.5) is 0 Å². The first-order valence-corrected chi connectivity index (χ1v) is 7.00. The average Bonchev–Trinajstić information content (AvgIpc) is 2.36. The predicted octanol–water partition coefficient (Wildman–Crippen LogP) is 2.23. The first-order valence-electron chi connectivity index (χ1n) is 7.00. The first-order chi connectivity index (χ1) is 9.42. The van der Waals surface area contributed by atoms with Gasteiger partial charge < -0.3 is 15.4 Å². The topological polar surface area (TPSA) is 50.4 Å². The number of hydrogen-bond donors (Lipinski definition) is 2. The molecule has 0 radical (unpaired) electrons. The maximum atomic E-state index is 11.8. The van der Waals surface area contributed by atoms with Crippen LogP contribution in [0.25, 0.3) is 0 Å². The van der Waals surface area contributed by atoms with Crippen LogP contribution in [0, 0.1) is 0 Å². The van der Waals surface area contributed by atoms with Crippen LogP contribution in [0.3, 0.4) is 0 Å². The van der Waals surface area contributed by atoms with Crippen LogP contribution in [0.1, 0.15) is 38.3 Å². The van der Waals surface area contributed by atoms with Gasteiger partial charge in [-0.2, -0.15) is 0 Å². The van der Waals surface area contributed by atoms with E-state index in [4.69, 9.17) is 4.74 Å². The molecule has 0 aliphatic carbocycles. The maximum Gasteiger partial charge on any atom is 0.221 e. The van der Waals surface area contributed by atoms with E-state index in [-0.39, 0.29) is 11.4 Å². The Morgan fingerprint density at radius 2 is 1.85 bits per heavy atom. The zero-order chi connectivity index (χ0) is 15.0. The van der Waals surface area contributed by atoms with Gasteiger partial charge in [0.05, 0.1) is 6.61 Å². The number of nitrogens with one attached hydrogen (secondary N) is 2. The monoisotopic (exact) mass is 278 g/mol. The number of amides is 1. The Bertz CT molecular complexity index is 425. The number of benzene rings is 1. The van der Waals surface area contributed by atoms with Crippen molar-refractivity contribution in [2.75, 3.05) is 13.7 Å². The molecule has 0 aliphatic rings. The highest BCUT2D eigenvalue weighted by atomic mass is 16.5. The molecule has 0 saturated heterocycles. The highest BCUT2D eigenvalue weighted by Crippen LogP contribution is 2.09. The van der Waals surface area contributed by atoms with Crippen LogP contribution < -0.4 is 10.6 Å². The second-order valence-corrected chi connectivity index (χ2v) is 5.91. The molecule has 0 unspecified atom stereocenters. The summed E-state index contributed by atoms with van der Waals surface area (Å²) < 4.78 is 5.15. The van der Waals surface area contributed by atoms with Crippen molar-refractivity contribution in [3.8, 4) is 0 Å². The van der Waals surface area contributed by atoms with Crippen molar-refractivity contribution >= 4 is 5.91 Å². The van der Waals surface area contributed by atoms with Crippen molar-refractivity contribution in [2.45, 2.75) is 45.9 Å². The number of hydrogen-bond acceptors (Lipinski definition) is 3. The molecular formula is C16H26N2O2. The van der Waals surface area contributed by atoms with Crippen LogP contribution in [0.15, 0.2) is 24.3 Å². The summed E-state index contributed by atoms with van der Waals surface area (Å²) in [5, 5.41) is 6.25. The Hall–Kier alpha value is -1.39. The summed E-state index contributed by atoms with van der Waals surface area (Å²) in [7, 11) is 1.67. The van der Waals surface area contributed by atoms with Crippen molar-refractivity contribution in [2.24, 2.45) is 0 Å². The molecule has 0 atom stereocenters. The minimum atomic E-state index is 0.0470. The lowest BCUT2D eigenvalue weighted by Gasteiger charge is -2.20. The van der Waals surface area contributed by atoms with Crippen molar-refractivity contribution in [3.05, 3.63) is 35.4 Å². The molecule has 112 valence electrons. The summed E-state index contributed by atoms with van der Waals surface area (Å²) in [5.41, 5.74) is 2.26. The summed E-state index contributed by atoms with van der Waals surface area (Å²) >= 11 is 0. The molecule has 1 aromatic rings. The van der Waals surface area contributed by atoms with Crippen LogP contribution in [-0.2, 0) is 22.7 Å². The van der Waals surface area contributed by atoms with E-state index in [2.05, 4.69) is 31.4 Å².